The number of carbonyl (C=O) groups excluding carboxylic acids is 1. The third-order valence-electron chi connectivity index (χ3n) is 6.18. The van der Waals surface area contributed by atoms with Crippen LogP contribution in [-0.2, 0) is 4.79 Å². The Labute approximate surface area is 129 Å². The zero-order valence-electron chi connectivity index (χ0n) is 13.8. The molecule has 122 valence electrons. The summed E-state index contributed by atoms with van der Waals surface area (Å²) in [5.41, 5.74) is 11.0. The van der Waals surface area contributed by atoms with Crippen molar-refractivity contribution in [2.45, 2.75) is 76.3 Å². The smallest absolute Gasteiger partial charge is 0.237 e. The molecule has 2 aliphatic carbocycles. The second-order valence-corrected chi connectivity index (χ2v) is 7.35. The van der Waals surface area contributed by atoms with E-state index in [0.29, 0.717) is 0 Å². The van der Waals surface area contributed by atoms with Crippen molar-refractivity contribution in [3.8, 4) is 0 Å². The highest BCUT2D eigenvalue weighted by molar-refractivity contribution is 5.85. The van der Waals surface area contributed by atoms with Gasteiger partial charge in [0.05, 0.1) is 5.54 Å². The molecular weight excluding hydrogens is 262 g/mol. The van der Waals surface area contributed by atoms with Crippen molar-refractivity contribution < 1.29 is 4.79 Å². The summed E-state index contributed by atoms with van der Waals surface area (Å²) in [5, 5.41) is 0. The van der Waals surface area contributed by atoms with E-state index in [1.165, 1.54) is 32.1 Å². The fraction of sp³-hybridized carbons (Fsp3) is 0.941. The summed E-state index contributed by atoms with van der Waals surface area (Å²) >= 11 is 0. The van der Waals surface area contributed by atoms with Crippen molar-refractivity contribution in [2.75, 3.05) is 13.6 Å². The second-order valence-electron chi connectivity index (χ2n) is 7.35. The Balaban J connectivity index is 1.79. The summed E-state index contributed by atoms with van der Waals surface area (Å²) in [6.07, 6.45) is 10.6. The van der Waals surface area contributed by atoms with Gasteiger partial charge < -0.3 is 16.4 Å². The Morgan fingerprint density at radius 3 is 2.48 bits per heavy atom. The number of carbonyl (C=O) groups is 1. The topological polar surface area (TPSA) is 72.3 Å². The predicted molar refractivity (Wildman–Crippen MR) is 86.7 cm³/mol. The average molecular weight is 295 g/mol. The summed E-state index contributed by atoms with van der Waals surface area (Å²) in [5.74, 6) is 0.900. The molecule has 21 heavy (non-hydrogen) atoms. The first-order valence-electron chi connectivity index (χ1n) is 8.76. The van der Waals surface area contributed by atoms with Crippen LogP contribution in [0.1, 0.15) is 64.7 Å². The van der Waals surface area contributed by atoms with Gasteiger partial charge in [0.15, 0.2) is 0 Å². The predicted octanol–water partition coefficient (Wildman–Crippen LogP) is 2.26. The van der Waals surface area contributed by atoms with Crippen LogP contribution in [0.3, 0.4) is 0 Å². The first-order valence-corrected chi connectivity index (χ1v) is 8.76. The van der Waals surface area contributed by atoms with E-state index in [1.54, 1.807) is 0 Å². The number of nitrogens with zero attached hydrogens (tertiary/aromatic N) is 1. The van der Waals surface area contributed by atoms with E-state index in [0.717, 1.165) is 44.2 Å². The van der Waals surface area contributed by atoms with Gasteiger partial charge in [0.1, 0.15) is 0 Å². The summed E-state index contributed by atoms with van der Waals surface area (Å²) < 4.78 is 0. The molecule has 0 aliphatic heterocycles. The molecule has 0 bridgehead atoms. The number of primary amides is 1. The number of amides is 1. The van der Waals surface area contributed by atoms with Gasteiger partial charge in [0.2, 0.25) is 5.91 Å². The van der Waals surface area contributed by atoms with E-state index in [1.807, 2.05) is 0 Å². The van der Waals surface area contributed by atoms with Crippen LogP contribution in [0, 0.1) is 11.8 Å². The van der Waals surface area contributed by atoms with E-state index in [-0.39, 0.29) is 11.8 Å². The zero-order valence-corrected chi connectivity index (χ0v) is 13.8. The van der Waals surface area contributed by atoms with Crippen LogP contribution in [0.5, 0.6) is 0 Å². The van der Waals surface area contributed by atoms with Gasteiger partial charge in [0.25, 0.3) is 0 Å². The lowest BCUT2D eigenvalue weighted by Gasteiger charge is -2.36. The van der Waals surface area contributed by atoms with Crippen molar-refractivity contribution in [1.29, 1.82) is 0 Å². The van der Waals surface area contributed by atoms with Gasteiger partial charge in [0, 0.05) is 6.04 Å². The molecule has 2 saturated carbocycles. The van der Waals surface area contributed by atoms with Crippen molar-refractivity contribution >= 4 is 5.91 Å². The standard InChI is InChI=1S/C17H33N3O/c1-3-13-6-8-15(9-7-13)20(2)12-10-14-5-4-11-17(14,19)16(18)21/h13-15H,3-12,19H2,1-2H3,(H2,18,21). The van der Waals surface area contributed by atoms with E-state index >= 15 is 0 Å². The molecule has 0 aromatic heterocycles. The van der Waals surface area contributed by atoms with Crippen LogP contribution in [0.2, 0.25) is 0 Å². The maximum atomic E-state index is 11.6. The molecule has 0 saturated heterocycles. The maximum absolute atomic E-state index is 11.6. The molecule has 0 aromatic carbocycles. The summed E-state index contributed by atoms with van der Waals surface area (Å²) in [4.78, 5) is 14.1. The fourth-order valence-corrected chi connectivity index (χ4v) is 4.36. The average Bonchev–Trinajstić information content (AvgIpc) is 2.87. The summed E-state index contributed by atoms with van der Waals surface area (Å²) in [6.45, 7) is 3.35. The molecule has 2 unspecified atom stereocenters. The first kappa shape index (κ1) is 16.8. The van der Waals surface area contributed by atoms with Crippen molar-refractivity contribution in [3.63, 3.8) is 0 Å². The fourth-order valence-electron chi connectivity index (χ4n) is 4.36. The molecule has 4 heteroatoms. The Kier molecular flexibility index (Phi) is 5.67. The van der Waals surface area contributed by atoms with Gasteiger partial charge in [-0.2, -0.15) is 0 Å². The first-order chi connectivity index (χ1) is 9.97. The van der Waals surface area contributed by atoms with Gasteiger partial charge in [-0.25, -0.2) is 0 Å². The minimum Gasteiger partial charge on any atom is -0.368 e. The lowest BCUT2D eigenvalue weighted by Crippen LogP contribution is -2.55. The third kappa shape index (κ3) is 3.78. The Bertz CT molecular complexity index is 352. The van der Waals surface area contributed by atoms with Crippen LogP contribution in [0.25, 0.3) is 0 Å². The van der Waals surface area contributed by atoms with Crippen molar-refractivity contribution in [1.82, 2.24) is 4.90 Å². The quantitative estimate of drug-likeness (QED) is 0.789. The normalized spacial score (nSPS) is 37.0. The Morgan fingerprint density at radius 1 is 1.24 bits per heavy atom. The molecule has 0 heterocycles. The number of hydrogen-bond donors (Lipinski definition) is 2. The minimum absolute atomic E-state index is 0.268. The van der Waals surface area contributed by atoms with Gasteiger partial charge >= 0.3 is 0 Å². The molecular formula is C17H33N3O. The van der Waals surface area contributed by atoms with Crippen LogP contribution in [0.4, 0.5) is 0 Å². The van der Waals surface area contributed by atoms with Crippen molar-refractivity contribution in [2.24, 2.45) is 23.3 Å². The Hall–Kier alpha value is -0.610. The monoisotopic (exact) mass is 295 g/mol. The molecule has 4 N–H and O–H groups in total. The summed E-state index contributed by atoms with van der Waals surface area (Å²) in [6, 6.07) is 0.718. The van der Waals surface area contributed by atoms with Crippen LogP contribution in [-0.4, -0.2) is 36.0 Å². The minimum atomic E-state index is -0.749. The van der Waals surface area contributed by atoms with Crippen LogP contribution in [0.15, 0.2) is 0 Å². The number of nitrogens with two attached hydrogens (primary N) is 2. The van der Waals surface area contributed by atoms with Gasteiger partial charge in [-0.15, -0.1) is 0 Å². The number of rotatable bonds is 6. The lowest BCUT2D eigenvalue weighted by molar-refractivity contribution is -0.124. The molecule has 2 aliphatic rings. The largest absolute Gasteiger partial charge is 0.368 e. The lowest BCUT2D eigenvalue weighted by atomic mass is 9.83. The molecule has 0 aromatic rings. The number of hydrogen-bond acceptors (Lipinski definition) is 3. The highest BCUT2D eigenvalue weighted by Gasteiger charge is 2.44. The molecule has 0 radical (unpaired) electrons. The Morgan fingerprint density at radius 2 is 1.90 bits per heavy atom. The van der Waals surface area contributed by atoms with E-state index < -0.39 is 5.54 Å². The highest BCUT2D eigenvalue weighted by Crippen LogP contribution is 2.36. The van der Waals surface area contributed by atoms with Crippen LogP contribution >= 0.6 is 0 Å². The molecule has 4 nitrogen and oxygen atoms in total. The van der Waals surface area contributed by atoms with Crippen LogP contribution < -0.4 is 11.5 Å². The van der Waals surface area contributed by atoms with Gasteiger partial charge in [-0.1, -0.05) is 19.8 Å². The van der Waals surface area contributed by atoms with E-state index in [4.69, 9.17) is 11.5 Å². The van der Waals surface area contributed by atoms with E-state index in [2.05, 4.69) is 18.9 Å². The van der Waals surface area contributed by atoms with E-state index in [9.17, 15) is 4.79 Å². The summed E-state index contributed by atoms with van der Waals surface area (Å²) in [7, 11) is 2.23. The SMILES string of the molecule is CCC1CCC(N(C)CCC2CCCC2(N)C(N)=O)CC1. The molecule has 2 atom stereocenters. The molecule has 0 spiro atoms. The van der Waals surface area contributed by atoms with Crippen molar-refractivity contribution in [3.05, 3.63) is 0 Å². The third-order valence-corrected chi connectivity index (χ3v) is 6.18. The highest BCUT2D eigenvalue weighted by atomic mass is 16.1. The molecule has 1 amide bonds. The van der Waals surface area contributed by atoms with Gasteiger partial charge in [-0.05, 0) is 70.4 Å². The second kappa shape index (κ2) is 7.10. The maximum Gasteiger partial charge on any atom is 0.237 e. The van der Waals surface area contributed by atoms with Gasteiger partial charge in [-0.3, -0.25) is 4.79 Å². The zero-order chi connectivity index (χ0) is 15.5. The molecule has 2 fully saturated rings. The molecule has 2 rings (SSSR count).